The fraction of sp³-hybridized carbons (Fsp3) is 0.533. The number of carbonyl (C=O) groups is 3. The fourth-order valence-corrected chi connectivity index (χ4v) is 9.45. The van der Waals surface area contributed by atoms with Crippen LogP contribution in [0.3, 0.4) is 0 Å². The summed E-state index contributed by atoms with van der Waals surface area (Å²) in [5.41, 5.74) is -1.93. The highest BCUT2D eigenvalue weighted by Crippen LogP contribution is 2.45. The fourth-order valence-electron chi connectivity index (χ4n) is 9.45. The molecule has 0 heterocycles. The van der Waals surface area contributed by atoms with Crippen molar-refractivity contribution in [3.8, 4) is 17.2 Å². The van der Waals surface area contributed by atoms with E-state index in [4.69, 9.17) is 14.0 Å². The van der Waals surface area contributed by atoms with E-state index < -0.39 is 129 Å². The van der Waals surface area contributed by atoms with E-state index >= 15 is 39.5 Å². The first kappa shape index (κ1) is 48.4. The Labute approximate surface area is 364 Å². The van der Waals surface area contributed by atoms with Gasteiger partial charge in [-0.25, -0.2) is 26.3 Å². The SMILES string of the molecule is COC(=O)CC1CCC(c2c(F)cc(OB(Oc3cc(F)c(C4CCC(CC(=O)OC)CC4)c(F)c3F)Oc3cc(F)c(C4CCC(CC(=O)OC)CC4)c(F)c3F)c(F)c2F)CC1. The number of hydrogen-bond donors (Lipinski definition) is 0. The van der Waals surface area contributed by atoms with Gasteiger partial charge >= 0.3 is 25.2 Å². The lowest BCUT2D eigenvalue weighted by atomic mass is 9.77. The standard InChI is InChI=1S/C45H48BF9O9/c1-59-34(56)16-22-4-10-25(11-5-22)37-28(47)19-31(40(50)43(37)53)62-46(63-32-20-29(48)38(44(54)41(32)51)26-12-6-23(7-13-26)17-35(57)60-2)64-33-21-30(49)39(45(55)42(33)52)27-14-8-24(9-15-27)18-36(58)61-3/h19-27H,4-18H2,1-3H3. The van der Waals surface area contributed by atoms with Gasteiger partial charge in [-0.1, -0.05) is 0 Å². The maximum atomic E-state index is 15.8. The van der Waals surface area contributed by atoms with Gasteiger partial charge in [0.2, 0.25) is 0 Å². The van der Waals surface area contributed by atoms with Crippen LogP contribution in [0.25, 0.3) is 0 Å². The van der Waals surface area contributed by atoms with E-state index in [1.807, 2.05) is 0 Å². The highest BCUT2D eigenvalue weighted by molar-refractivity contribution is 6.39. The Bertz CT molecular complexity index is 1950. The van der Waals surface area contributed by atoms with Crippen LogP contribution in [0.4, 0.5) is 39.5 Å². The van der Waals surface area contributed by atoms with Crippen molar-refractivity contribution in [3.63, 3.8) is 0 Å². The maximum absolute atomic E-state index is 15.8. The Morgan fingerprint density at radius 2 is 0.656 bits per heavy atom. The molecule has 9 nitrogen and oxygen atoms in total. The van der Waals surface area contributed by atoms with Crippen LogP contribution in [0.15, 0.2) is 18.2 Å². The molecule has 0 bridgehead atoms. The third-order valence-corrected chi connectivity index (χ3v) is 13.0. The van der Waals surface area contributed by atoms with Crippen molar-refractivity contribution in [2.75, 3.05) is 21.3 Å². The number of esters is 3. The molecule has 0 spiro atoms. The topological polar surface area (TPSA) is 107 Å². The Morgan fingerprint density at radius 1 is 0.422 bits per heavy atom. The molecule has 3 aromatic rings. The molecule has 64 heavy (non-hydrogen) atoms. The lowest BCUT2D eigenvalue weighted by Crippen LogP contribution is -2.38. The largest absolute Gasteiger partial charge is 0.864 e. The van der Waals surface area contributed by atoms with Crippen molar-refractivity contribution >= 4 is 25.2 Å². The third-order valence-electron chi connectivity index (χ3n) is 13.0. The summed E-state index contributed by atoms with van der Waals surface area (Å²) in [6, 6.07) is 1.17. The first-order valence-electron chi connectivity index (χ1n) is 21.3. The summed E-state index contributed by atoms with van der Waals surface area (Å²) in [4.78, 5) is 35.2. The molecule has 19 heteroatoms. The van der Waals surface area contributed by atoms with Crippen LogP contribution in [-0.2, 0) is 28.6 Å². The zero-order valence-electron chi connectivity index (χ0n) is 35.5. The average molecular weight is 915 g/mol. The van der Waals surface area contributed by atoms with Gasteiger partial charge in [-0.15, -0.1) is 0 Å². The molecule has 0 radical (unpaired) electrons. The molecule has 6 rings (SSSR count). The number of hydrogen-bond acceptors (Lipinski definition) is 9. The second kappa shape index (κ2) is 21.3. The van der Waals surface area contributed by atoms with E-state index in [0.717, 1.165) is 0 Å². The van der Waals surface area contributed by atoms with Crippen molar-refractivity contribution in [1.29, 1.82) is 0 Å². The van der Waals surface area contributed by atoms with Gasteiger partial charge in [0, 0.05) is 54.2 Å². The highest BCUT2D eigenvalue weighted by atomic mass is 19.2. The van der Waals surface area contributed by atoms with Gasteiger partial charge in [-0.3, -0.25) is 14.4 Å². The maximum Gasteiger partial charge on any atom is 0.864 e. The van der Waals surface area contributed by atoms with Gasteiger partial charge in [-0.05, 0) is 113 Å². The molecular formula is C45H48BF9O9. The molecule has 0 atom stereocenters. The van der Waals surface area contributed by atoms with Crippen LogP contribution in [0, 0.1) is 70.1 Å². The zero-order valence-corrected chi connectivity index (χ0v) is 35.5. The van der Waals surface area contributed by atoms with Crippen molar-refractivity contribution in [2.24, 2.45) is 17.8 Å². The predicted octanol–water partition coefficient (Wildman–Crippen LogP) is 11.0. The minimum atomic E-state index is -2.80. The van der Waals surface area contributed by atoms with Crippen molar-refractivity contribution in [1.82, 2.24) is 0 Å². The molecule has 3 aliphatic rings. The second-order valence-corrected chi connectivity index (χ2v) is 16.8. The van der Waals surface area contributed by atoms with Gasteiger partial charge in [0.05, 0.1) is 21.3 Å². The van der Waals surface area contributed by atoms with Crippen LogP contribution >= 0.6 is 0 Å². The summed E-state index contributed by atoms with van der Waals surface area (Å²) in [7, 11) is 0.886. The Morgan fingerprint density at radius 3 is 0.875 bits per heavy atom. The van der Waals surface area contributed by atoms with Gasteiger partial charge in [-0.2, -0.15) is 13.2 Å². The summed E-state index contributed by atoms with van der Waals surface area (Å²) in [6.07, 6.45) is 3.49. The number of ether oxygens (including phenoxy) is 3. The molecule has 0 aromatic heterocycles. The number of carbonyl (C=O) groups excluding carboxylic acids is 3. The number of benzene rings is 3. The summed E-state index contributed by atoms with van der Waals surface area (Å²) in [5, 5.41) is 0. The van der Waals surface area contributed by atoms with Crippen molar-refractivity contribution in [3.05, 3.63) is 87.2 Å². The smallest absolute Gasteiger partial charge is 0.487 e. The average Bonchev–Trinajstić information content (AvgIpc) is 3.27. The van der Waals surface area contributed by atoms with Gasteiger partial charge in [0.25, 0.3) is 0 Å². The lowest BCUT2D eigenvalue weighted by Gasteiger charge is -2.29. The Kier molecular flexibility index (Phi) is 16.1. The predicted molar refractivity (Wildman–Crippen MR) is 211 cm³/mol. The summed E-state index contributed by atoms with van der Waals surface area (Å²) < 4.78 is 172. The van der Waals surface area contributed by atoms with Crippen molar-refractivity contribution < 1.29 is 82.1 Å². The Balaban J connectivity index is 1.28. The van der Waals surface area contributed by atoms with E-state index in [0.29, 0.717) is 56.7 Å². The first-order valence-corrected chi connectivity index (χ1v) is 21.3. The summed E-state index contributed by atoms with van der Waals surface area (Å²) >= 11 is 0. The lowest BCUT2D eigenvalue weighted by molar-refractivity contribution is -0.142. The zero-order chi connectivity index (χ0) is 46.4. The summed E-state index contributed by atoms with van der Waals surface area (Å²) in [5.74, 6) is -22.7. The minimum Gasteiger partial charge on any atom is -0.487 e. The van der Waals surface area contributed by atoms with Crippen molar-refractivity contribution in [2.45, 2.75) is 114 Å². The Hall–Kier alpha value is -5.10. The van der Waals surface area contributed by atoms with E-state index in [1.54, 1.807) is 0 Å². The minimum absolute atomic E-state index is 0.0872. The number of rotatable bonds is 15. The monoisotopic (exact) mass is 914 g/mol. The van der Waals surface area contributed by atoms with Crippen LogP contribution in [0.2, 0.25) is 0 Å². The molecule has 3 fully saturated rings. The van der Waals surface area contributed by atoms with E-state index in [1.165, 1.54) is 21.3 Å². The second-order valence-electron chi connectivity index (χ2n) is 16.8. The number of methoxy groups -OCH3 is 3. The van der Waals surface area contributed by atoms with E-state index in [2.05, 4.69) is 14.2 Å². The van der Waals surface area contributed by atoms with Crippen LogP contribution < -0.4 is 14.0 Å². The first-order chi connectivity index (χ1) is 30.5. The molecule has 3 saturated carbocycles. The molecule has 0 unspecified atom stereocenters. The van der Waals surface area contributed by atoms with E-state index in [9.17, 15) is 14.4 Å². The van der Waals surface area contributed by atoms with Gasteiger partial charge < -0.3 is 28.2 Å². The molecule has 348 valence electrons. The third kappa shape index (κ3) is 11.0. The van der Waals surface area contributed by atoms with Gasteiger partial charge in [0.1, 0.15) is 34.7 Å². The van der Waals surface area contributed by atoms with Crippen LogP contribution in [0.5, 0.6) is 17.2 Å². The molecule has 0 N–H and O–H groups in total. The molecule has 3 aliphatic carbocycles. The molecule has 0 saturated heterocycles. The molecule has 0 amide bonds. The number of halogens is 9. The molecular weight excluding hydrogens is 866 g/mol. The van der Waals surface area contributed by atoms with E-state index in [-0.39, 0.29) is 75.5 Å². The quantitative estimate of drug-likeness (QED) is 0.0484. The summed E-state index contributed by atoms with van der Waals surface area (Å²) in [6.45, 7) is 0. The highest BCUT2D eigenvalue weighted by Gasteiger charge is 2.40. The van der Waals surface area contributed by atoms with Crippen LogP contribution in [0.1, 0.15) is 131 Å². The normalized spacial score (nSPS) is 22.3. The molecule has 0 aliphatic heterocycles. The van der Waals surface area contributed by atoms with Gasteiger partial charge in [0.15, 0.2) is 34.9 Å². The van der Waals surface area contributed by atoms with Crippen LogP contribution in [-0.4, -0.2) is 46.6 Å². The molecule has 3 aromatic carbocycles.